The molecule has 0 aliphatic carbocycles. The Morgan fingerprint density at radius 3 is 2.30 bits per heavy atom. The summed E-state index contributed by atoms with van der Waals surface area (Å²) in [6.07, 6.45) is 3.02. The number of hydrogen-bond donors (Lipinski definition) is 0. The number of ketones is 1. The van der Waals surface area contributed by atoms with Crippen molar-refractivity contribution in [3.63, 3.8) is 0 Å². The van der Waals surface area contributed by atoms with Crippen molar-refractivity contribution < 1.29 is 23.8 Å². The molecule has 27 heavy (non-hydrogen) atoms. The van der Waals surface area contributed by atoms with E-state index in [0.717, 1.165) is 12.8 Å². The van der Waals surface area contributed by atoms with Gasteiger partial charge in [-0.05, 0) is 64.7 Å². The van der Waals surface area contributed by atoms with E-state index in [-0.39, 0.29) is 29.9 Å². The molecule has 6 heteroatoms. The van der Waals surface area contributed by atoms with Gasteiger partial charge in [-0.1, -0.05) is 0 Å². The van der Waals surface area contributed by atoms with Crippen LogP contribution in [0.2, 0.25) is 0 Å². The smallest absolute Gasteiger partial charge is 0.410 e. The molecular formula is C21H27NO5. The predicted octanol–water partition coefficient (Wildman–Crippen LogP) is 3.82. The highest BCUT2D eigenvalue weighted by atomic mass is 16.6. The zero-order chi connectivity index (χ0) is 19.2. The molecule has 6 nitrogen and oxygen atoms in total. The van der Waals surface area contributed by atoms with Crippen molar-refractivity contribution in [2.75, 3.05) is 13.2 Å². The van der Waals surface area contributed by atoms with E-state index >= 15 is 0 Å². The summed E-state index contributed by atoms with van der Waals surface area (Å²) in [6.45, 7) is 6.68. The van der Waals surface area contributed by atoms with Crippen LogP contribution in [0.3, 0.4) is 0 Å². The summed E-state index contributed by atoms with van der Waals surface area (Å²) in [4.78, 5) is 27.5. The third kappa shape index (κ3) is 3.62. The van der Waals surface area contributed by atoms with Crippen LogP contribution >= 0.6 is 0 Å². The molecule has 2 unspecified atom stereocenters. The molecular weight excluding hydrogens is 346 g/mol. The Morgan fingerprint density at radius 2 is 1.67 bits per heavy atom. The topological polar surface area (TPSA) is 65.1 Å². The Bertz CT molecular complexity index is 739. The Kier molecular flexibility index (Phi) is 4.52. The number of piperidine rings is 1. The van der Waals surface area contributed by atoms with Gasteiger partial charge < -0.3 is 19.1 Å². The number of carbonyl (C=O) groups excluding carboxylic acids is 2. The Balaban J connectivity index is 1.47. The lowest BCUT2D eigenvalue weighted by molar-refractivity contribution is 0.00254. The zero-order valence-electron chi connectivity index (χ0n) is 16.2. The molecule has 146 valence electrons. The number of amides is 1. The van der Waals surface area contributed by atoms with Crippen LogP contribution in [0.5, 0.6) is 11.5 Å². The minimum atomic E-state index is -0.506. The Hall–Kier alpha value is -2.24. The van der Waals surface area contributed by atoms with E-state index < -0.39 is 5.60 Å². The van der Waals surface area contributed by atoms with Crippen molar-refractivity contribution in [3.8, 4) is 11.5 Å². The van der Waals surface area contributed by atoms with Gasteiger partial charge in [0.2, 0.25) is 0 Å². The van der Waals surface area contributed by atoms with Gasteiger partial charge >= 0.3 is 6.09 Å². The van der Waals surface area contributed by atoms with Crippen LogP contribution in [0.15, 0.2) is 18.2 Å². The average Bonchev–Trinajstić information content (AvgIpc) is 2.89. The average molecular weight is 373 g/mol. The normalized spacial score (nSPS) is 26.6. The van der Waals surface area contributed by atoms with E-state index in [1.54, 1.807) is 6.07 Å². The van der Waals surface area contributed by atoms with Gasteiger partial charge in [0.15, 0.2) is 17.3 Å². The van der Waals surface area contributed by atoms with Crippen LogP contribution in [-0.4, -0.2) is 47.7 Å². The summed E-state index contributed by atoms with van der Waals surface area (Å²) >= 11 is 0. The predicted molar refractivity (Wildman–Crippen MR) is 99.4 cm³/mol. The molecule has 0 N–H and O–H groups in total. The first kappa shape index (κ1) is 18.1. The minimum Gasteiger partial charge on any atom is -0.486 e. The fraction of sp³-hybridized carbons (Fsp3) is 0.619. The molecule has 1 amide bonds. The number of hydrogen-bond acceptors (Lipinski definition) is 5. The van der Waals surface area contributed by atoms with Gasteiger partial charge in [0.05, 0.1) is 0 Å². The molecule has 3 heterocycles. The first-order valence-electron chi connectivity index (χ1n) is 9.77. The van der Waals surface area contributed by atoms with Crippen LogP contribution in [0.4, 0.5) is 4.79 Å². The van der Waals surface area contributed by atoms with Crippen LogP contribution in [0.25, 0.3) is 0 Å². The quantitative estimate of drug-likeness (QED) is 0.738. The molecule has 0 aromatic heterocycles. The first-order valence-corrected chi connectivity index (χ1v) is 9.77. The highest BCUT2D eigenvalue weighted by Gasteiger charge is 2.46. The van der Waals surface area contributed by atoms with Crippen molar-refractivity contribution >= 4 is 11.9 Å². The largest absolute Gasteiger partial charge is 0.486 e. The van der Waals surface area contributed by atoms with Crippen molar-refractivity contribution in [3.05, 3.63) is 23.8 Å². The monoisotopic (exact) mass is 373 g/mol. The van der Waals surface area contributed by atoms with Gasteiger partial charge in [0.25, 0.3) is 0 Å². The van der Waals surface area contributed by atoms with Crippen LogP contribution in [-0.2, 0) is 4.74 Å². The molecule has 2 bridgehead atoms. The van der Waals surface area contributed by atoms with Crippen molar-refractivity contribution in [2.24, 2.45) is 5.92 Å². The number of fused-ring (bicyclic) bond motifs is 3. The molecule has 0 radical (unpaired) electrons. The van der Waals surface area contributed by atoms with Crippen LogP contribution in [0, 0.1) is 5.92 Å². The summed E-state index contributed by atoms with van der Waals surface area (Å²) < 4.78 is 16.7. The highest BCUT2D eigenvalue weighted by molar-refractivity contribution is 5.98. The molecule has 1 aromatic rings. The lowest BCUT2D eigenvalue weighted by atomic mass is 9.85. The fourth-order valence-electron chi connectivity index (χ4n) is 4.44. The molecule has 4 rings (SSSR count). The number of nitrogens with zero attached hydrogens (tertiary/aromatic N) is 1. The maximum Gasteiger partial charge on any atom is 0.410 e. The van der Waals surface area contributed by atoms with Crippen molar-refractivity contribution in [1.82, 2.24) is 4.90 Å². The molecule has 1 aromatic carbocycles. The van der Waals surface area contributed by atoms with Crippen LogP contribution in [0.1, 0.15) is 56.8 Å². The Labute approximate surface area is 159 Å². The van der Waals surface area contributed by atoms with E-state index in [0.29, 0.717) is 43.1 Å². The second-order valence-electron chi connectivity index (χ2n) is 8.66. The number of benzene rings is 1. The maximum atomic E-state index is 13.1. The first-order chi connectivity index (χ1) is 12.8. The molecule has 2 fully saturated rings. The fourth-order valence-corrected chi connectivity index (χ4v) is 4.44. The zero-order valence-corrected chi connectivity index (χ0v) is 16.2. The van der Waals surface area contributed by atoms with Gasteiger partial charge in [-0.25, -0.2) is 4.79 Å². The Morgan fingerprint density at radius 1 is 1.04 bits per heavy atom. The van der Waals surface area contributed by atoms with E-state index in [2.05, 4.69) is 0 Å². The minimum absolute atomic E-state index is 0.0660. The number of Topliss-reactive ketones (excluding diaryl/α,β-unsaturated/α-hetero) is 1. The number of carbonyl (C=O) groups is 2. The van der Waals surface area contributed by atoms with E-state index in [1.165, 1.54) is 0 Å². The lowest BCUT2D eigenvalue weighted by Gasteiger charge is -2.39. The van der Waals surface area contributed by atoms with E-state index in [4.69, 9.17) is 14.2 Å². The van der Waals surface area contributed by atoms with Gasteiger partial charge in [-0.3, -0.25) is 4.79 Å². The molecule has 3 aliphatic rings. The van der Waals surface area contributed by atoms with Gasteiger partial charge in [-0.15, -0.1) is 0 Å². The maximum absolute atomic E-state index is 13.1. The van der Waals surface area contributed by atoms with Gasteiger partial charge in [-0.2, -0.15) is 0 Å². The summed E-state index contributed by atoms with van der Waals surface area (Å²) in [5.41, 5.74) is 0.156. The molecule has 0 saturated carbocycles. The van der Waals surface area contributed by atoms with Gasteiger partial charge in [0, 0.05) is 23.6 Å². The standard InChI is InChI=1S/C21H27NO5/c1-21(2,3)27-20(24)22-15-5-6-16(22)11-14(10-15)19(23)13-4-7-17-18(12-13)26-9-8-25-17/h4,7,12,14-16H,5-6,8-11H2,1-3H3. The van der Waals surface area contributed by atoms with E-state index in [1.807, 2.05) is 37.8 Å². The molecule has 3 aliphatic heterocycles. The third-order valence-electron chi connectivity index (χ3n) is 5.53. The summed E-state index contributed by atoms with van der Waals surface area (Å²) in [7, 11) is 0. The molecule has 0 spiro atoms. The lowest BCUT2D eigenvalue weighted by Crippen LogP contribution is -2.49. The second-order valence-corrected chi connectivity index (χ2v) is 8.66. The van der Waals surface area contributed by atoms with Crippen molar-refractivity contribution in [1.29, 1.82) is 0 Å². The number of ether oxygens (including phenoxy) is 3. The number of rotatable bonds is 2. The summed E-state index contributed by atoms with van der Waals surface area (Å²) in [5, 5.41) is 0. The molecule has 2 atom stereocenters. The van der Waals surface area contributed by atoms with Crippen LogP contribution < -0.4 is 9.47 Å². The molecule has 2 saturated heterocycles. The second kappa shape index (κ2) is 6.73. The summed E-state index contributed by atoms with van der Waals surface area (Å²) in [5.74, 6) is 1.40. The van der Waals surface area contributed by atoms with Crippen molar-refractivity contribution in [2.45, 2.75) is 64.1 Å². The van der Waals surface area contributed by atoms with E-state index in [9.17, 15) is 9.59 Å². The highest BCUT2D eigenvalue weighted by Crippen LogP contribution is 2.41. The van der Waals surface area contributed by atoms with Gasteiger partial charge in [0.1, 0.15) is 18.8 Å². The SMILES string of the molecule is CC(C)(C)OC(=O)N1C2CCC1CC(C(=O)c1ccc3c(c1)OCCO3)C2. The third-order valence-corrected chi connectivity index (χ3v) is 5.53. The summed E-state index contributed by atoms with van der Waals surface area (Å²) in [6, 6.07) is 5.60.